The van der Waals surface area contributed by atoms with E-state index in [1.54, 1.807) is 25.1 Å². The molecule has 0 unspecified atom stereocenters. The number of carbonyl (C=O) groups is 1. The highest BCUT2D eigenvalue weighted by Gasteiger charge is 2.25. The minimum absolute atomic E-state index is 0.210. The van der Waals surface area contributed by atoms with E-state index in [1.807, 2.05) is 0 Å². The van der Waals surface area contributed by atoms with E-state index in [0.29, 0.717) is 40.0 Å². The van der Waals surface area contributed by atoms with Crippen molar-refractivity contribution in [3.63, 3.8) is 0 Å². The number of ether oxygens (including phenoxy) is 1. The van der Waals surface area contributed by atoms with Crippen LogP contribution in [0, 0.1) is 0 Å². The number of aromatic hydroxyl groups is 1. The van der Waals surface area contributed by atoms with Gasteiger partial charge in [0.25, 0.3) is 0 Å². The Bertz CT molecular complexity index is 1020. The van der Waals surface area contributed by atoms with Crippen molar-refractivity contribution in [3.8, 4) is 11.5 Å². The fourth-order valence-corrected chi connectivity index (χ4v) is 3.67. The van der Waals surface area contributed by atoms with Crippen molar-refractivity contribution >= 4 is 28.3 Å². The summed E-state index contributed by atoms with van der Waals surface area (Å²) in [4.78, 5) is 12.3. The first-order valence-electron chi connectivity index (χ1n) is 9.42. The molecule has 1 N–H and O–H groups in total. The molecule has 0 heterocycles. The van der Waals surface area contributed by atoms with E-state index >= 15 is 0 Å². The normalized spacial score (nSPS) is 12.9. The Balaban J connectivity index is 2.09. The summed E-state index contributed by atoms with van der Waals surface area (Å²) in [5.41, 5.74) is 4.58. The van der Waals surface area contributed by atoms with Gasteiger partial charge in [0.1, 0.15) is 11.5 Å². The second-order valence-electron chi connectivity index (χ2n) is 7.56. The Morgan fingerprint density at radius 2 is 2.00 bits per heavy atom. The molecule has 0 atom stereocenters. The summed E-state index contributed by atoms with van der Waals surface area (Å²) in [6.45, 7) is 9.49. The molecule has 4 heteroatoms. The molecule has 146 valence electrons. The third-order valence-corrected chi connectivity index (χ3v) is 5.20. The Morgan fingerprint density at radius 3 is 2.68 bits per heavy atom. The number of allylic oxidation sites excluding steroid dienone is 4. The molecule has 0 saturated carbocycles. The summed E-state index contributed by atoms with van der Waals surface area (Å²) in [5, 5.41) is 12.7. The van der Waals surface area contributed by atoms with Crippen LogP contribution in [0.4, 0.5) is 0 Å². The quantitative estimate of drug-likeness (QED) is 0.273. The van der Waals surface area contributed by atoms with Crippen molar-refractivity contribution in [1.82, 2.24) is 0 Å². The number of halogens is 1. The van der Waals surface area contributed by atoms with E-state index in [2.05, 4.69) is 32.6 Å². The Kier molecular flexibility index (Phi) is 5.95. The van der Waals surface area contributed by atoms with Gasteiger partial charge in [-0.1, -0.05) is 41.5 Å². The lowest BCUT2D eigenvalue weighted by Gasteiger charge is -2.23. The molecule has 2 aromatic rings. The molecular formula is C24H25ClO3. The monoisotopic (exact) mass is 396 g/mol. The minimum atomic E-state index is -0.468. The number of benzene rings is 2. The molecule has 2 aromatic carbocycles. The molecule has 0 amide bonds. The molecule has 0 aliphatic heterocycles. The van der Waals surface area contributed by atoms with Gasteiger partial charge in [-0.05, 0) is 64.7 Å². The number of hydrogen-bond donors (Lipinski definition) is 1. The van der Waals surface area contributed by atoms with E-state index in [1.165, 1.54) is 11.1 Å². The van der Waals surface area contributed by atoms with E-state index in [9.17, 15) is 9.90 Å². The number of carbonyl (C=O) groups excluding carboxylic acids is 1. The second-order valence-corrected chi connectivity index (χ2v) is 7.99. The van der Waals surface area contributed by atoms with Crippen molar-refractivity contribution in [2.45, 2.75) is 46.5 Å². The lowest BCUT2D eigenvalue weighted by Crippen LogP contribution is -2.13. The zero-order valence-electron chi connectivity index (χ0n) is 16.6. The third-order valence-electron chi connectivity index (χ3n) is 4.97. The van der Waals surface area contributed by atoms with Crippen LogP contribution in [0.3, 0.4) is 0 Å². The molecular weight excluding hydrogens is 372 g/mol. The molecule has 0 fully saturated rings. The Morgan fingerprint density at radius 1 is 1.25 bits per heavy atom. The molecule has 3 nitrogen and oxygen atoms in total. The minimum Gasteiger partial charge on any atom is -0.507 e. The van der Waals surface area contributed by atoms with Crippen molar-refractivity contribution in [2.24, 2.45) is 0 Å². The van der Waals surface area contributed by atoms with Crippen molar-refractivity contribution in [2.75, 3.05) is 0 Å². The molecule has 0 bridgehead atoms. The maximum Gasteiger partial charge on any atom is 0.338 e. The summed E-state index contributed by atoms with van der Waals surface area (Å²) < 4.78 is 5.74. The van der Waals surface area contributed by atoms with Gasteiger partial charge in [0.05, 0.1) is 0 Å². The Hall–Kier alpha value is -2.52. The highest BCUT2D eigenvalue weighted by Crippen LogP contribution is 2.44. The number of rotatable bonds is 5. The fourth-order valence-electron chi connectivity index (χ4n) is 3.50. The molecule has 0 spiro atoms. The summed E-state index contributed by atoms with van der Waals surface area (Å²) in [7, 11) is 0. The highest BCUT2D eigenvalue weighted by molar-refractivity contribution is 6.31. The summed E-state index contributed by atoms with van der Waals surface area (Å²) >= 11 is 6.14. The van der Waals surface area contributed by atoms with Crippen molar-refractivity contribution in [1.29, 1.82) is 0 Å². The fraction of sp³-hybridized carbons (Fsp3) is 0.292. The summed E-state index contributed by atoms with van der Waals surface area (Å²) in [6, 6.07) is 5.24. The van der Waals surface area contributed by atoms with Crippen LogP contribution in [0.1, 0.15) is 44.7 Å². The standard InChI is InChI=1S/C24H25ClO3/c1-14(2)6-5-7-16-8-10-18-21(12-16)23(28-24(27)15(3)4)19-11-9-17(25)13-20(19)22(18)26/h6,8-9,11,13,26H,3,5,7,10,12H2,1-2,4H3. The summed E-state index contributed by atoms with van der Waals surface area (Å²) in [5.74, 6) is 0.243. The number of phenols is 1. The van der Waals surface area contributed by atoms with Gasteiger partial charge in [-0.15, -0.1) is 0 Å². The number of hydrogen-bond acceptors (Lipinski definition) is 3. The van der Waals surface area contributed by atoms with Gasteiger partial charge in [0, 0.05) is 32.5 Å². The van der Waals surface area contributed by atoms with Gasteiger partial charge in [0.2, 0.25) is 0 Å². The van der Waals surface area contributed by atoms with Crippen LogP contribution >= 0.6 is 11.6 Å². The molecule has 1 aliphatic carbocycles. The van der Waals surface area contributed by atoms with Crippen LogP contribution in [-0.4, -0.2) is 11.1 Å². The van der Waals surface area contributed by atoms with Gasteiger partial charge in [-0.25, -0.2) is 4.79 Å². The van der Waals surface area contributed by atoms with E-state index < -0.39 is 5.97 Å². The average Bonchev–Trinajstić information content (AvgIpc) is 2.64. The molecule has 0 saturated heterocycles. The zero-order valence-corrected chi connectivity index (χ0v) is 17.3. The molecule has 0 aromatic heterocycles. The number of esters is 1. The maximum absolute atomic E-state index is 12.3. The first-order chi connectivity index (χ1) is 13.3. The van der Waals surface area contributed by atoms with Gasteiger partial charge in [0.15, 0.2) is 0 Å². The van der Waals surface area contributed by atoms with Crippen LogP contribution in [0.25, 0.3) is 10.8 Å². The van der Waals surface area contributed by atoms with Crippen molar-refractivity contribution in [3.05, 3.63) is 69.8 Å². The smallest absolute Gasteiger partial charge is 0.338 e. The van der Waals surface area contributed by atoms with Gasteiger partial charge >= 0.3 is 5.97 Å². The van der Waals surface area contributed by atoms with Crippen LogP contribution in [0.15, 0.2) is 53.6 Å². The molecule has 1 aliphatic rings. The average molecular weight is 397 g/mol. The third kappa shape index (κ3) is 4.15. The van der Waals surface area contributed by atoms with Crippen LogP contribution < -0.4 is 4.74 Å². The van der Waals surface area contributed by atoms with E-state index in [0.717, 1.165) is 24.0 Å². The largest absolute Gasteiger partial charge is 0.507 e. The van der Waals surface area contributed by atoms with Gasteiger partial charge in [-0.2, -0.15) is 0 Å². The van der Waals surface area contributed by atoms with Gasteiger partial charge < -0.3 is 9.84 Å². The predicted octanol–water partition coefficient (Wildman–Crippen LogP) is 6.45. The molecule has 28 heavy (non-hydrogen) atoms. The first kappa shape index (κ1) is 20.2. The van der Waals surface area contributed by atoms with Crippen LogP contribution in [-0.2, 0) is 17.6 Å². The topological polar surface area (TPSA) is 46.5 Å². The zero-order chi connectivity index (χ0) is 20.4. The molecule has 3 rings (SSSR count). The Labute approximate surface area is 171 Å². The first-order valence-corrected chi connectivity index (χ1v) is 9.80. The maximum atomic E-state index is 12.3. The predicted molar refractivity (Wildman–Crippen MR) is 115 cm³/mol. The van der Waals surface area contributed by atoms with E-state index in [4.69, 9.17) is 16.3 Å². The second kappa shape index (κ2) is 8.24. The lowest BCUT2D eigenvalue weighted by molar-refractivity contribution is -0.130. The highest BCUT2D eigenvalue weighted by atomic mass is 35.5. The van der Waals surface area contributed by atoms with Gasteiger partial charge in [-0.3, -0.25) is 0 Å². The number of phenolic OH excluding ortho intramolecular Hbond substituents is 1. The SMILES string of the molecule is C=C(C)C(=O)Oc1c2c(c(O)c3cc(Cl)ccc13)CC=C(CCC=C(C)C)C2. The van der Waals surface area contributed by atoms with Crippen LogP contribution in [0.2, 0.25) is 5.02 Å². The number of fused-ring (bicyclic) bond motifs is 2. The van der Waals surface area contributed by atoms with E-state index in [-0.39, 0.29) is 5.75 Å². The van der Waals surface area contributed by atoms with Crippen LogP contribution in [0.5, 0.6) is 11.5 Å². The van der Waals surface area contributed by atoms with Crippen molar-refractivity contribution < 1.29 is 14.6 Å². The summed E-state index contributed by atoms with van der Waals surface area (Å²) in [6.07, 6.45) is 7.56. The lowest BCUT2D eigenvalue weighted by atomic mass is 9.85. The molecule has 0 radical (unpaired) electrons.